The van der Waals surface area contributed by atoms with E-state index in [1.165, 1.54) is 12.1 Å². The molecule has 0 spiro atoms. The second-order valence-corrected chi connectivity index (χ2v) is 4.76. The smallest absolute Gasteiger partial charge is 0.228 e. The lowest BCUT2D eigenvalue weighted by Crippen LogP contribution is -2.28. The van der Waals surface area contributed by atoms with Crippen molar-refractivity contribution in [2.45, 2.75) is 26.9 Å². The van der Waals surface area contributed by atoms with E-state index < -0.39 is 5.82 Å². The zero-order valence-corrected chi connectivity index (χ0v) is 11.8. The number of halogens is 1. The molecule has 1 atom stereocenters. The molecule has 1 aromatic rings. The van der Waals surface area contributed by atoms with Gasteiger partial charge in [-0.3, -0.25) is 4.79 Å². The Morgan fingerprint density at radius 1 is 1.37 bits per heavy atom. The van der Waals surface area contributed by atoms with Gasteiger partial charge in [0.1, 0.15) is 11.6 Å². The molecule has 2 N–H and O–H groups in total. The number of hydrogen-bond donors (Lipinski definition) is 2. The van der Waals surface area contributed by atoms with Gasteiger partial charge < -0.3 is 15.4 Å². The average Bonchev–Trinajstić information content (AvgIpc) is 2.32. The third-order valence-corrected chi connectivity index (χ3v) is 2.53. The summed E-state index contributed by atoms with van der Waals surface area (Å²) in [5.41, 5.74) is 0.170. The summed E-state index contributed by atoms with van der Waals surface area (Å²) in [6.45, 7) is 6.06. The number of anilines is 1. The quantitative estimate of drug-likeness (QED) is 0.833. The van der Waals surface area contributed by atoms with Crippen LogP contribution in [0, 0.1) is 11.7 Å². The van der Waals surface area contributed by atoms with Crippen LogP contribution in [0.3, 0.4) is 0 Å². The first-order chi connectivity index (χ1) is 8.93. The van der Waals surface area contributed by atoms with E-state index in [0.29, 0.717) is 12.3 Å². The third kappa shape index (κ3) is 4.87. The summed E-state index contributed by atoms with van der Waals surface area (Å²) in [6, 6.07) is 4.43. The Balaban J connectivity index is 2.72. The Hall–Kier alpha value is -1.62. The molecule has 4 nitrogen and oxygen atoms in total. The molecular formula is C14H21FN2O2. The monoisotopic (exact) mass is 268 g/mol. The molecule has 0 heterocycles. The number of rotatable bonds is 6. The van der Waals surface area contributed by atoms with Crippen LogP contribution >= 0.6 is 0 Å². The van der Waals surface area contributed by atoms with Gasteiger partial charge in [0.2, 0.25) is 5.91 Å². The lowest BCUT2D eigenvalue weighted by Gasteiger charge is -2.14. The van der Waals surface area contributed by atoms with E-state index in [2.05, 4.69) is 10.6 Å². The Kier molecular flexibility index (Phi) is 5.76. The van der Waals surface area contributed by atoms with Crippen LogP contribution in [0.15, 0.2) is 18.2 Å². The highest BCUT2D eigenvalue weighted by Gasteiger charge is 2.14. The molecule has 0 radical (unpaired) electrons. The normalized spacial score (nSPS) is 12.3. The Labute approximate surface area is 113 Å². The van der Waals surface area contributed by atoms with Crippen molar-refractivity contribution in [2.24, 2.45) is 5.92 Å². The summed E-state index contributed by atoms with van der Waals surface area (Å²) in [4.78, 5) is 11.8. The largest absolute Gasteiger partial charge is 0.491 e. The summed E-state index contributed by atoms with van der Waals surface area (Å²) in [7, 11) is 1.77. The predicted octanol–water partition coefficient (Wildman–Crippen LogP) is 2.41. The topological polar surface area (TPSA) is 50.4 Å². The molecule has 0 aromatic heterocycles. The molecule has 1 unspecified atom stereocenters. The molecule has 106 valence electrons. The SMILES string of the molecule is CNCC(C)C(=O)Nc1ccc(OC(C)C)cc1F. The number of hydrogen-bond acceptors (Lipinski definition) is 3. The fraction of sp³-hybridized carbons (Fsp3) is 0.500. The number of benzene rings is 1. The van der Waals surface area contributed by atoms with Gasteiger partial charge in [-0.05, 0) is 33.0 Å². The molecular weight excluding hydrogens is 247 g/mol. The van der Waals surface area contributed by atoms with Gasteiger partial charge in [-0.15, -0.1) is 0 Å². The molecule has 19 heavy (non-hydrogen) atoms. The zero-order chi connectivity index (χ0) is 14.4. The molecule has 0 aliphatic rings. The molecule has 0 saturated carbocycles. The predicted molar refractivity (Wildman–Crippen MR) is 73.9 cm³/mol. The summed E-state index contributed by atoms with van der Waals surface area (Å²) in [5.74, 6) is -0.487. The van der Waals surface area contributed by atoms with E-state index in [1.807, 2.05) is 13.8 Å². The first-order valence-corrected chi connectivity index (χ1v) is 6.35. The van der Waals surface area contributed by atoms with Crippen molar-refractivity contribution in [1.29, 1.82) is 0 Å². The fourth-order valence-corrected chi connectivity index (χ4v) is 1.60. The minimum atomic E-state index is -0.497. The van der Waals surface area contributed by atoms with Gasteiger partial charge in [0, 0.05) is 18.5 Å². The highest BCUT2D eigenvalue weighted by molar-refractivity contribution is 5.92. The minimum Gasteiger partial charge on any atom is -0.491 e. The lowest BCUT2D eigenvalue weighted by molar-refractivity contribution is -0.119. The third-order valence-electron chi connectivity index (χ3n) is 2.53. The molecule has 0 saturated heterocycles. The Morgan fingerprint density at radius 2 is 2.05 bits per heavy atom. The maximum Gasteiger partial charge on any atom is 0.228 e. The van der Waals surface area contributed by atoms with Crippen molar-refractivity contribution >= 4 is 11.6 Å². The first-order valence-electron chi connectivity index (χ1n) is 6.35. The van der Waals surface area contributed by atoms with Gasteiger partial charge in [-0.25, -0.2) is 4.39 Å². The zero-order valence-electron chi connectivity index (χ0n) is 11.8. The molecule has 0 fully saturated rings. The fourth-order valence-electron chi connectivity index (χ4n) is 1.60. The minimum absolute atomic E-state index is 0.0181. The standard InChI is InChI=1S/C14H21FN2O2/c1-9(2)19-11-5-6-13(12(15)7-11)17-14(18)10(3)8-16-4/h5-7,9-10,16H,8H2,1-4H3,(H,17,18). The van der Waals surface area contributed by atoms with E-state index >= 15 is 0 Å². The maximum atomic E-state index is 13.8. The van der Waals surface area contributed by atoms with Crippen molar-refractivity contribution in [1.82, 2.24) is 5.32 Å². The molecule has 0 aliphatic heterocycles. The Bertz CT molecular complexity index is 435. The van der Waals surface area contributed by atoms with Gasteiger partial charge in [0.05, 0.1) is 11.8 Å². The summed E-state index contributed by atoms with van der Waals surface area (Å²) >= 11 is 0. The van der Waals surface area contributed by atoms with Crippen molar-refractivity contribution in [3.05, 3.63) is 24.0 Å². The molecule has 1 rings (SSSR count). The van der Waals surface area contributed by atoms with Crippen molar-refractivity contribution in [3.8, 4) is 5.75 Å². The molecule has 5 heteroatoms. The Morgan fingerprint density at radius 3 is 2.58 bits per heavy atom. The van der Waals surface area contributed by atoms with E-state index in [1.54, 1.807) is 20.0 Å². The first kappa shape index (κ1) is 15.4. The molecule has 0 bridgehead atoms. The van der Waals surface area contributed by atoms with E-state index in [0.717, 1.165) is 0 Å². The van der Waals surface area contributed by atoms with Crippen LogP contribution in [0.4, 0.5) is 10.1 Å². The average molecular weight is 268 g/mol. The van der Waals surface area contributed by atoms with Gasteiger partial charge in [0.15, 0.2) is 0 Å². The van der Waals surface area contributed by atoms with Crippen LogP contribution in [-0.4, -0.2) is 25.6 Å². The van der Waals surface area contributed by atoms with Crippen LogP contribution < -0.4 is 15.4 Å². The highest BCUT2D eigenvalue weighted by atomic mass is 19.1. The number of amides is 1. The van der Waals surface area contributed by atoms with Crippen LogP contribution in [0.5, 0.6) is 5.75 Å². The van der Waals surface area contributed by atoms with Crippen LogP contribution in [-0.2, 0) is 4.79 Å². The van der Waals surface area contributed by atoms with Crippen LogP contribution in [0.2, 0.25) is 0 Å². The number of ether oxygens (including phenoxy) is 1. The van der Waals surface area contributed by atoms with Gasteiger partial charge in [-0.1, -0.05) is 6.92 Å². The second-order valence-electron chi connectivity index (χ2n) is 4.76. The van der Waals surface area contributed by atoms with Gasteiger partial charge in [0.25, 0.3) is 0 Å². The van der Waals surface area contributed by atoms with E-state index in [4.69, 9.17) is 4.74 Å². The van der Waals surface area contributed by atoms with Crippen molar-refractivity contribution < 1.29 is 13.9 Å². The van der Waals surface area contributed by atoms with Crippen molar-refractivity contribution in [2.75, 3.05) is 18.9 Å². The van der Waals surface area contributed by atoms with Gasteiger partial charge >= 0.3 is 0 Å². The summed E-state index contributed by atoms with van der Waals surface area (Å²) in [6.07, 6.45) is -0.0181. The molecule has 0 aliphatic carbocycles. The summed E-state index contributed by atoms with van der Waals surface area (Å²) < 4.78 is 19.2. The van der Waals surface area contributed by atoms with Crippen LogP contribution in [0.1, 0.15) is 20.8 Å². The lowest BCUT2D eigenvalue weighted by atomic mass is 10.1. The van der Waals surface area contributed by atoms with E-state index in [9.17, 15) is 9.18 Å². The molecule has 1 aromatic carbocycles. The maximum absolute atomic E-state index is 13.8. The number of carbonyl (C=O) groups is 1. The van der Waals surface area contributed by atoms with Gasteiger partial charge in [-0.2, -0.15) is 0 Å². The highest BCUT2D eigenvalue weighted by Crippen LogP contribution is 2.22. The van der Waals surface area contributed by atoms with Crippen molar-refractivity contribution in [3.63, 3.8) is 0 Å². The number of carbonyl (C=O) groups excluding carboxylic acids is 1. The molecule has 1 amide bonds. The van der Waals surface area contributed by atoms with Crippen LogP contribution in [0.25, 0.3) is 0 Å². The number of nitrogens with one attached hydrogen (secondary N) is 2. The summed E-state index contributed by atoms with van der Waals surface area (Å²) in [5, 5.41) is 5.47. The second kappa shape index (κ2) is 7.09. The van der Waals surface area contributed by atoms with E-state index in [-0.39, 0.29) is 23.6 Å².